The Morgan fingerprint density at radius 1 is 0.692 bits per heavy atom. The minimum Gasteiger partial charge on any atom is -0.508 e. The van der Waals surface area contributed by atoms with Crippen LogP contribution in [0.2, 0.25) is 10.0 Å². The van der Waals surface area contributed by atoms with Gasteiger partial charge in [-0.2, -0.15) is 0 Å². The molecule has 0 spiro atoms. The number of ether oxygens (including phenoxy) is 6. The molecule has 5 aromatic carbocycles. The number of carbonyl (C=O) groups excluding carboxylic acids is 7. The fourth-order valence-electron chi connectivity index (χ4n) is 12.8. The first-order chi connectivity index (χ1) is 49.0. The maximum absolute atomic E-state index is 16.1. The third kappa shape index (κ3) is 16.8. The Balaban J connectivity index is 1.23. The number of primary amides is 1. The number of carboxylic acids is 1. The molecule has 0 unspecified atom stereocenters. The maximum Gasteiger partial charge on any atom is 0.330 e. The third-order valence-corrected chi connectivity index (χ3v) is 18.8. The Hall–Kier alpha value is -9.20. The highest BCUT2D eigenvalue weighted by molar-refractivity contribution is 6.32. The van der Waals surface area contributed by atoms with E-state index in [9.17, 15) is 70.2 Å². The number of halogens is 2. The number of carboxylic acid groups (broad SMARTS) is 1. The molecule has 7 amide bonds. The van der Waals surface area contributed by atoms with Crippen molar-refractivity contribution in [3.05, 3.63) is 117 Å². The van der Waals surface area contributed by atoms with E-state index in [-0.39, 0.29) is 52.1 Å². The van der Waals surface area contributed by atoms with E-state index >= 15 is 19.2 Å². The van der Waals surface area contributed by atoms with Crippen LogP contribution in [0.5, 0.6) is 46.0 Å². The first-order valence-corrected chi connectivity index (χ1v) is 33.8. The molecule has 21 N–H and O–H groups in total. The zero-order valence-electron chi connectivity index (χ0n) is 56.6. The van der Waals surface area contributed by atoms with Gasteiger partial charge < -0.3 is 128 Å². The van der Waals surface area contributed by atoms with E-state index in [0.717, 1.165) is 66.7 Å². The van der Waals surface area contributed by atoms with Crippen molar-refractivity contribution in [1.82, 2.24) is 37.2 Å². The topological polar surface area (TPSA) is 530 Å². The zero-order chi connectivity index (χ0) is 75.8. The molecule has 104 heavy (non-hydrogen) atoms. The predicted octanol–water partition coefficient (Wildman–Crippen LogP) is 1.13. The highest BCUT2D eigenvalue weighted by Crippen LogP contribution is 2.50. The van der Waals surface area contributed by atoms with Gasteiger partial charge in [-0.15, -0.1) is 0 Å². The fourth-order valence-corrected chi connectivity index (χ4v) is 13.3. The summed E-state index contributed by atoms with van der Waals surface area (Å²) in [6.45, 7) is 9.83. The first kappa shape index (κ1) is 77.4. The number of carbonyl (C=O) groups is 8. The lowest BCUT2D eigenvalue weighted by Crippen LogP contribution is -2.64. The van der Waals surface area contributed by atoms with Crippen molar-refractivity contribution in [1.29, 1.82) is 0 Å². The van der Waals surface area contributed by atoms with Crippen LogP contribution in [0.1, 0.15) is 119 Å². The van der Waals surface area contributed by atoms with Crippen LogP contribution in [0.15, 0.2) is 78.9 Å². The fraction of sp³-hybridized carbons (Fsp3) is 0.449. The number of hydrogen-bond donors (Lipinski definition) is 19. The monoisotopic (exact) mass is 1490 g/mol. The number of phenolic OH excluding ortho intramolecular Hbond substituents is 3. The van der Waals surface area contributed by atoms with E-state index in [1.807, 2.05) is 27.7 Å². The van der Waals surface area contributed by atoms with E-state index in [1.165, 1.54) is 26.0 Å². The smallest absolute Gasteiger partial charge is 0.330 e. The lowest BCUT2D eigenvalue weighted by molar-refractivity contribution is -0.333. The number of benzene rings is 5. The Kier molecular flexibility index (Phi) is 23.5. The second kappa shape index (κ2) is 31.6. The molecule has 560 valence electrons. The standard InChI is InChI=1S/C69H81Cl2N9O24/c1-25(2)13-37(74-23-26(3)4)61(91)79-52-54(86)29-8-11-41(35(70)15-29)100-43-17-31-18-44(58(43)104-68-59(57(89)56(88)45(24-81)102-68)103-47-22-69(6,73)60(90)27(5)99-47)101-42-12-9-30(16-36(42)71)55(87)53-66(96)78-51(67(97)98)34-19-32(82)20-40(84)48(34)33-14-28(7-10-39(33)83)49(63(93)80-53)77-64(94)50(31)76-62(92)38(21-46(72)85)75-65(52)95/h7-12,14-20,25-27,37-38,45,47,49-57,59-60,68,74,81-84,86-90H,13,21-24,73H2,1-6H3,(H2,72,85)(H,75,95)(H,76,92)(H,77,94)(H,78,96)(H,79,91)(H,80,93)(H,97,98)/t27-,37+,38-,45+,47-,49+,50-,51-,52+,53-,54+,55+,56+,57-,59+,60+,68-,69-/m0/s1. The van der Waals surface area contributed by atoms with Gasteiger partial charge in [0, 0.05) is 34.7 Å². The molecule has 0 radical (unpaired) electrons. The van der Waals surface area contributed by atoms with Crippen LogP contribution in [-0.4, -0.2) is 190 Å². The van der Waals surface area contributed by atoms with Gasteiger partial charge in [0.25, 0.3) is 0 Å². The summed E-state index contributed by atoms with van der Waals surface area (Å²) in [6.07, 6.45) is -18.6. The number of amides is 7. The van der Waals surface area contributed by atoms with Gasteiger partial charge in [0.2, 0.25) is 53.4 Å². The molecule has 33 nitrogen and oxygen atoms in total. The normalized spacial score (nSPS) is 29.0. The van der Waals surface area contributed by atoms with Gasteiger partial charge in [0.1, 0.15) is 89.5 Å². The summed E-state index contributed by atoms with van der Waals surface area (Å²) in [5, 5.41) is 131. The number of hydrogen-bond acceptors (Lipinski definition) is 25. The van der Waals surface area contributed by atoms with Crippen molar-refractivity contribution >= 4 is 70.5 Å². The van der Waals surface area contributed by atoms with Gasteiger partial charge in [0.15, 0.2) is 29.9 Å². The molecule has 35 heteroatoms. The Morgan fingerprint density at radius 3 is 1.88 bits per heavy atom. The molecule has 18 atom stereocenters. The van der Waals surface area contributed by atoms with Crippen molar-refractivity contribution in [2.75, 3.05) is 13.2 Å². The van der Waals surface area contributed by atoms with E-state index < -0.39 is 237 Å². The van der Waals surface area contributed by atoms with E-state index in [2.05, 4.69) is 37.2 Å². The second-order valence-electron chi connectivity index (χ2n) is 27.2. The average Bonchev–Trinajstić information content (AvgIpc) is 0.767. The van der Waals surface area contributed by atoms with Crippen molar-refractivity contribution < 1.29 is 118 Å². The van der Waals surface area contributed by atoms with Crippen LogP contribution in [0.3, 0.4) is 0 Å². The molecule has 2 saturated heterocycles. The lowest BCUT2D eigenvalue weighted by Gasteiger charge is -2.47. The number of phenols is 3. The van der Waals surface area contributed by atoms with Crippen LogP contribution in [0, 0.1) is 11.8 Å². The Bertz CT molecular complexity index is 4150. The zero-order valence-corrected chi connectivity index (χ0v) is 58.1. The number of aromatic hydroxyl groups is 3. The van der Waals surface area contributed by atoms with Gasteiger partial charge in [-0.3, -0.25) is 33.6 Å². The van der Waals surface area contributed by atoms with Gasteiger partial charge in [0.05, 0.1) is 41.3 Å². The minimum atomic E-state index is -2.35. The predicted molar refractivity (Wildman–Crippen MR) is 363 cm³/mol. The number of rotatable bonds is 15. The molecular formula is C69H81Cl2N9O24. The van der Waals surface area contributed by atoms with Crippen LogP contribution < -0.4 is 62.9 Å². The molecule has 0 aliphatic carbocycles. The summed E-state index contributed by atoms with van der Waals surface area (Å²) in [6, 6.07) is -0.624. The average molecular weight is 1490 g/mol. The highest BCUT2D eigenvalue weighted by Gasteiger charge is 2.52. The largest absolute Gasteiger partial charge is 0.508 e. The molecule has 0 aromatic heterocycles. The lowest BCUT2D eigenvalue weighted by atomic mass is 9.86. The van der Waals surface area contributed by atoms with Crippen molar-refractivity contribution in [3.8, 4) is 57.1 Å². The van der Waals surface area contributed by atoms with Gasteiger partial charge in [-0.1, -0.05) is 69.1 Å². The summed E-state index contributed by atoms with van der Waals surface area (Å²) < 4.78 is 38.4. The Morgan fingerprint density at radius 2 is 1.30 bits per heavy atom. The molecule has 2 fully saturated rings. The van der Waals surface area contributed by atoms with Crippen molar-refractivity contribution in [2.24, 2.45) is 23.3 Å². The first-order valence-electron chi connectivity index (χ1n) is 33.0. The maximum atomic E-state index is 16.1. The molecule has 5 aromatic rings. The SMILES string of the molecule is CC(C)CN[C@H](CC(C)C)C(=O)N[C@H]1C(=O)N[C@@H](CC(N)=O)C(=O)N[C@@H]2C(=O)N[C@H]3C(=O)N[C@H](C(=O)N[C@H](C(=O)O)c4cc(O)cc(O)c4-c4cc3ccc4O)[C@H](O)c3ccc(c(Cl)c3)Oc3cc2cc(c3O[C@@H]2O[C@H](CO)[C@@H](O)[C@H](O)[C@H]2O[C@H]2C[C@](C)(N)[C@H](O)[C@H](C)O2)Oc2ccc(cc2Cl)[C@H]1O. The number of fused-ring (bicyclic) bond motifs is 15. The van der Waals surface area contributed by atoms with Crippen molar-refractivity contribution in [2.45, 2.75) is 170 Å². The highest BCUT2D eigenvalue weighted by atomic mass is 35.5. The molecule has 7 heterocycles. The summed E-state index contributed by atoms with van der Waals surface area (Å²) >= 11 is 14.2. The summed E-state index contributed by atoms with van der Waals surface area (Å²) in [4.78, 5) is 118. The summed E-state index contributed by atoms with van der Waals surface area (Å²) in [5.41, 5.74) is 8.07. The van der Waals surface area contributed by atoms with Crippen LogP contribution >= 0.6 is 23.2 Å². The Labute approximate surface area is 603 Å². The van der Waals surface area contributed by atoms with Crippen LogP contribution in [-0.2, 0) is 52.6 Å². The number of nitrogens with two attached hydrogens (primary N) is 2. The second-order valence-corrected chi connectivity index (χ2v) is 28.0. The van der Waals surface area contributed by atoms with E-state index in [0.29, 0.717) is 6.54 Å². The van der Waals surface area contributed by atoms with Gasteiger partial charge in [-0.05, 0) is 115 Å². The number of nitrogens with one attached hydrogen (secondary N) is 7. The van der Waals surface area contributed by atoms with Gasteiger partial charge in [-0.25, -0.2) is 4.79 Å². The molecule has 12 rings (SSSR count). The quantitative estimate of drug-likeness (QED) is 0.0698. The molecular weight excluding hydrogens is 1410 g/mol. The minimum absolute atomic E-state index is 0.0288. The number of aliphatic hydroxyl groups excluding tert-OH is 6. The van der Waals surface area contributed by atoms with Crippen LogP contribution in [0.25, 0.3) is 11.1 Å². The number of aliphatic hydroxyl groups is 6. The van der Waals surface area contributed by atoms with Gasteiger partial charge >= 0.3 is 5.97 Å². The van der Waals surface area contributed by atoms with Crippen molar-refractivity contribution in [3.63, 3.8) is 0 Å². The molecule has 11 bridgehead atoms. The molecule has 7 aliphatic heterocycles. The van der Waals surface area contributed by atoms with E-state index in [1.54, 1.807) is 0 Å². The third-order valence-electron chi connectivity index (χ3n) is 18.2. The van der Waals surface area contributed by atoms with E-state index in [4.69, 9.17) is 63.1 Å². The molecule has 7 aliphatic rings. The summed E-state index contributed by atoms with van der Waals surface area (Å²) in [5.74, 6) is -15.9. The number of aliphatic carboxylic acids is 1. The summed E-state index contributed by atoms with van der Waals surface area (Å²) in [7, 11) is 0. The molecule has 0 saturated carbocycles. The van der Waals surface area contributed by atoms with Crippen LogP contribution in [0.4, 0.5) is 0 Å².